The summed E-state index contributed by atoms with van der Waals surface area (Å²) in [7, 11) is 0. The number of nitrogens with zero attached hydrogens (tertiary/aromatic N) is 2. The van der Waals surface area contributed by atoms with Crippen molar-refractivity contribution in [1.82, 2.24) is 20.3 Å². The van der Waals surface area contributed by atoms with E-state index >= 15 is 0 Å². The van der Waals surface area contributed by atoms with E-state index in [9.17, 15) is 0 Å². The molecule has 4 heteroatoms. The molecule has 0 aliphatic rings. The highest BCUT2D eigenvalue weighted by Gasteiger charge is 1.99. The summed E-state index contributed by atoms with van der Waals surface area (Å²) >= 11 is 0. The van der Waals surface area contributed by atoms with Gasteiger partial charge in [-0.2, -0.15) is 0 Å². The van der Waals surface area contributed by atoms with E-state index in [-0.39, 0.29) is 0 Å². The molecule has 0 atom stereocenters. The van der Waals surface area contributed by atoms with Crippen molar-refractivity contribution in [3.8, 4) is 0 Å². The van der Waals surface area contributed by atoms with Crippen LogP contribution in [-0.2, 0) is 13.1 Å². The third kappa shape index (κ3) is 2.63. The van der Waals surface area contributed by atoms with E-state index < -0.39 is 0 Å². The number of hydrogen-bond donors (Lipinski definition) is 2. The quantitative estimate of drug-likeness (QED) is 0.788. The molecule has 2 N–H and O–H groups in total. The number of hydrogen-bond acceptors (Lipinski definition) is 3. The first-order chi connectivity index (χ1) is 7.36. The Bertz CT molecular complexity index is 408. The summed E-state index contributed by atoms with van der Waals surface area (Å²) in [5, 5.41) is 3.32. The molecule has 0 saturated carbocycles. The van der Waals surface area contributed by atoms with E-state index in [1.54, 1.807) is 12.5 Å². The van der Waals surface area contributed by atoms with Crippen molar-refractivity contribution >= 4 is 0 Å². The van der Waals surface area contributed by atoms with Crippen molar-refractivity contribution in [1.29, 1.82) is 0 Å². The van der Waals surface area contributed by atoms with Gasteiger partial charge in [-0.3, -0.25) is 4.98 Å². The minimum atomic E-state index is 0.782. The molecule has 78 valence electrons. The molecule has 0 aromatic carbocycles. The smallest absolute Gasteiger partial charge is 0.0925 e. The largest absolute Gasteiger partial charge is 0.348 e. The van der Waals surface area contributed by atoms with Crippen molar-refractivity contribution in [2.24, 2.45) is 0 Å². The molecular formula is C11H14N4. The number of pyridine rings is 1. The zero-order valence-electron chi connectivity index (χ0n) is 8.70. The van der Waals surface area contributed by atoms with Crippen LogP contribution in [0.1, 0.15) is 17.0 Å². The summed E-state index contributed by atoms with van der Waals surface area (Å²) in [6.07, 6.45) is 5.36. The van der Waals surface area contributed by atoms with Crippen LogP contribution in [0.2, 0.25) is 0 Å². The van der Waals surface area contributed by atoms with Crippen LogP contribution in [-0.4, -0.2) is 15.0 Å². The van der Waals surface area contributed by atoms with E-state index in [0.29, 0.717) is 0 Å². The Balaban J connectivity index is 1.83. The highest BCUT2D eigenvalue weighted by atomic mass is 14.9. The van der Waals surface area contributed by atoms with E-state index in [4.69, 9.17) is 0 Å². The average Bonchev–Trinajstić information content (AvgIpc) is 2.66. The highest BCUT2D eigenvalue weighted by Crippen LogP contribution is 2.00. The Labute approximate surface area is 88.8 Å². The molecular weight excluding hydrogens is 188 g/mol. The zero-order valence-corrected chi connectivity index (χ0v) is 8.70. The maximum Gasteiger partial charge on any atom is 0.0925 e. The second kappa shape index (κ2) is 4.70. The fourth-order valence-electron chi connectivity index (χ4n) is 1.39. The van der Waals surface area contributed by atoms with Gasteiger partial charge in [-0.05, 0) is 18.6 Å². The molecule has 4 nitrogen and oxygen atoms in total. The Morgan fingerprint density at radius 1 is 1.40 bits per heavy atom. The van der Waals surface area contributed by atoms with E-state index in [2.05, 4.69) is 26.3 Å². The summed E-state index contributed by atoms with van der Waals surface area (Å²) in [4.78, 5) is 11.3. The normalized spacial score (nSPS) is 10.5. The summed E-state index contributed by atoms with van der Waals surface area (Å²) in [6.45, 7) is 3.62. The third-order valence-electron chi connectivity index (χ3n) is 2.28. The Hall–Kier alpha value is -1.68. The first kappa shape index (κ1) is 9.86. The van der Waals surface area contributed by atoms with Gasteiger partial charge in [0.1, 0.15) is 0 Å². The standard InChI is InChI=1S/C11H14N4/c1-9-11(15-8-14-9)7-13-6-10-3-2-4-12-5-10/h2-5,8,13H,6-7H2,1H3,(H,14,15). The number of H-pyrrole nitrogens is 1. The first-order valence-electron chi connectivity index (χ1n) is 4.95. The molecule has 2 heterocycles. The molecule has 0 fully saturated rings. The summed E-state index contributed by atoms with van der Waals surface area (Å²) < 4.78 is 0. The van der Waals surface area contributed by atoms with Crippen LogP contribution in [0, 0.1) is 6.92 Å². The van der Waals surface area contributed by atoms with Gasteiger partial charge in [0.05, 0.1) is 12.0 Å². The number of imidazole rings is 1. The number of aromatic amines is 1. The molecule has 0 amide bonds. The molecule has 0 aliphatic carbocycles. The fraction of sp³-hybridized carbons (Fsp3) is 0.273. The van der Waals surface area contributed by atoms with Gasteiger partial charge in [-0.25, -0.2) is 4.98 Å². The lowest BCUT2D eigenvalue weighted by Gasteiger charge is -2.02. The van der Waals surface area contributed by atoms with Crippen LogP contribution >= 0.6 is 0 Å². The minimum Gasteiger partial charge on any atom is -0.348 e. The summed E-state index contributed by atoms with van der Waals surface area (Å²) in [5.74, 6) is 0. The Morgan fingerprint density at radius 3 is 3.00 bits per heavy atom. The van der Waals surface area contributed by atoms with Crippen molar-refractivity contribution in [2.45, 2.75) is 20.0 Å². The number of nitrogens with one attached hydrogen (secondary N) is 2. The van der Waals surface area contributed by atoms with E-state index in [1.807, 2.05) is 19.2 Å². The maximum atomic E-state index is 4.21. The van der Waals surface area contributed by atoms with E-state index in [1.165, 1.54) is 5.56 Å². The van der Waals surface area contributed by atoms with Crippen molar-refractivity contribution < 1.29 is 0 Å². The molecule has 2 aromatic rings. The minimum absolute atomic E-state index is 0.782. The lowest BCUT2D eigenvalue weighted by molar-refractivity contribution is 0.677. The molecule has 0 saturated heterocycles. The monoisotopic (exact) mass is 202 g/mol. The van der Waals surface area contributed by atoms with Crippen LogP contribution in [0.4, 0.5) is 0 Å². The van der Waals surface area contributed by atoms with Gasteiger partial charge in [-0.15, -0.1) is 0 Å². The van der Waals surface area contributed by atoms with Gasteiger partial charge in [0.25, 0.3) is 0 Å². The number of rotatable bonds is 4. The van der Waals surface area contributed by atoms with Gasteiger partial charge >= 0.3 is 0 Å². The zero-order chi connectivity index (χ0) is 10.5. The summed E-state index contributed by atoms with van der Waals surface area (Å²) in [5.41, 5.74) is 3.37. The maximum absolute atomic E-state index is 4.21. The van der Waals surface area contributed by atoms with Crippen LogP contribution < -0.4 is 5.32 Å². The van der Waals surface area contributed by atoms with Crippen LogP contribution in [0.25, 0.3) is 0 Å². The lowest BCUT2D eigenvalue weighted by Crippen LogP contribution is -2.13. The summed E-state index contributed by atoms with van der Waals surface area (Å²) in [6, 6.07) is 3.99. The van der Waals surface area contributed by atoms with Gasteiger partial charge in [-0.1, -0.05) is 6.07 Å². The molecule has 2 rings (SSSR count). The lowest BCUT2D eigenvalue weighted by atomic mass is 10.3. The number of aryl methyl sites for hydroxylation is 1. The van der Waals surface area contributed by atoms with Crippen LogP contribution in [0.5, 0.6) is 0 Å². The Morgan fingerprint density at radius 2 is 2.33 bits per heavy atom. The van der Waals surface area contributed by atoms with Crippen molar-refractivity contribution in [3.63, 3.8) is 0 Å². The predicted molar refractivity (Wildman–Crippen MR) is 58.1 cm³/mol. The van der Waals surface area contributed by atoms with Gasteiger partial charge in [0.15, 0.2) is 0 Å². The third-order valence-corrected chi connectivity index (χ3v) is 2.28. The average molecular weight is 202 g/mol. The molecule has 2 aromatic heterocycles. The van der Waals surface area contributed by atoms with E-state index in [0.717, 1.165) is 24.5 Å². The van der Waals surface area contributed by atoms with Crippen LogP contribution in [0.3, 0.4) is 0 Å². The SMILES string of the molecule is Cc1[nH]cnc1CNCc1cccnc1. The van der Waals surface area contributed by atoms with Gasteiger partial charge in [0.2, 0.25) is 0 Å². The van der Waals surface area contributed by atoms with Gasteiger partial charge < -0.3 is 10.3 Å². The fourth-order valence-corrected chi connectivity index (χ4v) is 1.39. The predicted octanol–water partition coefficient (Wildman–Crippen LogP) is 1.40. The molecule has 0 radical (unpaired) electrons. The second-order valence-corrected chi connectivity index (χ2v) is 3.44. The first-order valence-corrected chi connectivity index (χ1v) is 4.95. The number of aromatic nitrogens is 3. The highest BCUT2D eigenvalue weighted by molar-refractivity contribution is 5.10. The molecule has 0 spiro atoms. The van der Waals surface area contributed by atoms with Crippen LogP contribution in [0.15, 0.2) is 30.9 Å². The molecule has 15 heavy (non-hydrogen) atoms. The second-order valence-electron chi connectivity index (χ2n) is 3.44. The van der Waals surface area contributed by atoms with Gasteiger partial charge in [0, 0.05) is 31.2 Å². The Kier molecular flexibility index (Phi) is 3.09. The van der Waals surface area contributed by atoms with Crippen molar-refractivity contribution in [3.05, 3.63) is 47.8 Å². The molecule has 0 bridgehead atoms. The van der Waals surface area contributed by atoms with Crippen molar-refractivity contribution in [2.75, 3.05) is 0 Å². The molecule has 0 aliphatic heterocycles. The molecule has 0 unspecified atom stereocenters. The topological polar surface area (TPSA) is 53.6 Å².